The first kappa shape index (κ1) is 14.3. The number of aromatic nitrogens is 2. The normalized spacial score (nSPS) is 11.0. The molecule has 2 aromatic rings. The van der Waals surface area contributed by atoms with Crippen LogP contribution in [0, 0.1) is 13.8 Å². The van der Waals surface area contributed by atoms with Crippen molar-refractivity contribution in [1.82, 2.24) is 15.1 Å². The highest BCUT2D eigenvalue weighted by molar-refractivity contribution is 9.10. The van der Waals surface area contributed by atoms with Gasteiger partial charge in [0, 0.05) is 25.6 Å². The molecule has 0 radical (unpaired) electrons. The number of aryl methyl sites for hydroxylation is 3. The molecule has 0 unspecified atom stereocenters. The van der Waals surface area contributed by atoms with Crippen LogP contribution in [-0.2, 0) is 13.5 Å². The maximum absolute atomic E-state index is 4.68. The van der Waals surface area contributed by atoms with E-state index in [0.717, 1.165) is 23.1 Å². The summed E-state index contributed by atoms with van der Waals surface area (Å²) < 4.78 is 3.08. The topological polar surface area (TPSA) is 29.9 Å². The van der Waals surface area contributed by atoms with Crippen molar-refractivity contribution in [2.75, 3.05) is 13.6 Å². The molecule has 0 aliphatic heterocycles. The Morgan fingerprint density at radius 1 is 1.32 bits per heavy atom. The Bertz CT molecular complexity index is 587. The lowest BCUT2D eigenvalue weighted by Crippen LogP contribution is -2.12. The molecule has 0 bridgehead atoms. The summed E-state index contributed by atoms with van der Waals surface area (Å²) in [5, 5.41) is 7.86. The number of rotatable bonds is 4. The van der Waals surface area contributed by atoms with Crippen molar-refractivity contribution >= 4 is 15.9 Å². The molecule has 0 aliphatic carbocycles. The molecule has 2 rings (SSSR count). The van der Waals surface area contributed by atoms with Gasteiger partial charge in [-0.2, -0.15) is 5.10 Å². The third-order valence-corrected chi connectivity index (χ3v) is 4.20. The monoisotopic (exact) mass is 321 g/mol. The third kappa shape index (κ3) is 2.90. The van der Waals surface area contributed by atoms with Gasteiger partial charge in [0.1, 0.15) is 5.69 Å². The molecular formula is C15H20BrN3. The van der Waals surface area contributed by atoms with E-state index in [1.807, 2.05) is 18.8 Å². The van der Waals surface area contributed by atoms with Gasteiger partial charge in [-0.25, -0.2) is 0 Å². The molecule has 0 saturated carbocycles. The molecule has 102 valence electrons. The Morgan fingerprint density at radius 3 is 2.74 bits per heavy atom. The van der Waals surface area contributed by atoms with Crippen LogP contribution in [-0.4, -0.2) is 23.4 Å². The number of hydrogen-bond donors (Lipinski definition) is 1. The molecule has 1 aromatic carbocycles. The molecule has 0 spiro atoms. The summed E-state index contributed by atoms with van der Waals surface area (Å²) in [5.74, 6) is 0. The highest BCUT2D eigenvalue weighted by Crippen LogP contribution is 2.32. The maximum atomic E-state index is 4.68. The van der Waals surface area contributed by atoms with Gasteiger partial charge < -0.3 is 5.32 Å². The highest BCUT2D eigenvalue weighted by Gasteiger charge is 2.16. The van der Waals surface area contributed by atoms with E-state index >= 15 is 0 Å². The molecule has 1 aromatic heterocycles. The van der Waals surface area contributed by atoms with Crippen LogP contribution < -0.4 is 5.32 Å². The zero-order valence-corrected chi connectivity index (χ0v) is 13.5. The van der Waals surface area contributed by atoms with Crippen molar-refractivity contribution in [1.29, 1.82) is 0 Å². The zero-order chi connectivity index (χ0) is 14.0. The zero-order valence-electron chi connectivity index (χ0n) is 11.9. The smallest absolute Gasteiger partial charge is 0.107 e. The Labute approximate surface area is 123 Å². The maximum Gasteiger partial charge on any atom is 0.107 e. The molecule has 1 heterocycles. The van der Waals surface area contributed by atoms with Gasteiger partial charge in [-0.05, 0) is 48.5 Å². The van der Waals surface area contributed by atoms with Gasteiger partial charge in [-0.3, -0.25) is 4.68 Å². The van der Waals surface area contributed by atoms with E-state index in [0.29, 0.717) is 0 Å². The van der Waals surface area contributed by atoms with Gasteiger partial charge in [0.15, 0.2) is 0 Å². The van der Waals surface area contributed by atoms with Gasteiger partial charge in [0.25, 0.3) is 0 Å². The number of benzene rings is 1. The molecule has 0 aliphatic rings. The van der Waals surface area contributed by atoms with Gasteiger partial charge in [0.2, 0.25) is 0 Å². The molecule has 19 heavy (non-hydrogen) atoms. The lowest BCUT2D eigenvalue weighted by atomic mass is 10.0. The predicted molar refractivity (Wildman–Crippen MR) is 83.4 cm³/mol. The summed E-state index contributed by atoms with van der Waals surface area (Å²) in [4.78, 5) is 0. The van der Waals surface area contributed by atoms with E-state index in [1.165, 1.54) is 22.4 Å². The van der Waals surface area contributed by atoms with Crippen LogP contribution in [0.4, 0.5) is 0 Å². The lowest BCUT2D eigenvalue weighted by Gasteiger charge is -2.05. The van der Waals surface area contributed by atoms with Crippen LogP contribution in [0.25, 0.3) is 11.3 Å². The van der Waals surface area contributed by atoms with Crippen LogP contribution in [0.5, 0.6) is 0 Å². The van der Waals surface area contributed by atoms with Crippen LogP contribution >= 0.6 is 15.9 Å². The number of nitrogens with one attached hydrogen (secondary N) is 1. The summed E-state index contributed by atoms with van der Waals surface area (Å²) in [6.07, 6.45) is 0.964. The van der Waals surface area contributed by atoms with Gasteiger partial charge >= 0.3 is 0 Å². The minimum Gasteiger partial charge on any atom is -0.319 e. The van der Waals surface area contributed by atoms with Crippen molar-refractivity contribution in [3.05, 3.63) is 39.5 Å². The Morgan fingerprint density at radius 2 is 2.05 bits per heavy atom. The lowest BCUT2D eigenvalue weighted by molar-refractivity contribution is 0.681. The van der Waals surface area contributed by atoms with Crippen molar-refractivity contribution in [3.63, 3.8) is 0 Å². The van der Waals surface area contributed by atoms with E-state index in [1.54, 1.807) is 0 Å². The first-order chi connectivity index (χ1) is 9.04. The minimum absolute atomic E-state index is 0.949. The Kier molecular flexibility index (Phi) is 4.42. The van der Waals surface area contributed by atoms with Crippen LogP contribution in [0.2, 0.25) is 0 Å². The number of nitrogens with zero attached hydrogens (tertiary/aromatic N) is 2. The van der Waals surface area contributed by atoms with Crippen molar-refractivity contribution in [3.8, 4) is 11.3 Å². The fourth-order valence-electron chi connectivity index (χ4n) is 2.21. The Balaban J connectivity index is 2.48. The fraction of sp³-hybridized carbons (Fsp3) is 0.400. The average molecular weight is 322 g/mol. The fourth-order valence-corrected chi connectivity index (χ4v) is 2.96. The second-order valence-corrected chi connectivity index (χ2v) is 5.70. The average Bonchev–Trinajstić information content (AvgIpc) is 2.66. The van der Waals surface area contributed by atoms with Crippen LogP contribution in [0.1, 0.15) is 16.8 Å². The van der Waals surface area contributed by atoms with E-state index in [9.17, 15) is 0 Å². The van der Waals surface area contributed by atoms with Crippen molar-refractivity contribution in [2.24, 2.45) is 7.05 Å². The quantitative estimate of drug-likeness (QED) is 0.937. The second-order valence-electron chi connectivity index (χ2n) is 4.90. The van der Waals surface area contributed by atoms with Gasteiger partial charge in [-0.15, -0.1) is 0 Å². The summed E-state index contributed by atoms with van der Waals surface area (Å²) in [6.45, 7) is 5.19. The molecular weight excluding hydrogens is 302 g/mol. The molecule has 0 atom stereocenters. The summed E-state index contributed by atoms with van der Waals surface area (Å²) in [5.41, 5.74) is 5.98. The van der Waals surface area contributed by atoms with Crippen molar-refractivity contribution < 1.29 is 0 Å². The van der Waals surface area contributed by atoms with E-state index in [2.05, 4.69) is 58.4 Å². The summed E-state index contributed by atoms with van der Waals surface area (Å²) >= 11 is 3.72. The first-order valence-electron chi connectivity index (χ1n) is 6.48. The highest BCUT2D eigenvalue weighted by atomic mass is 79.9. The molecule has 3 nitrogen and oxygen atoms in total. The number of hydrogen-bond acceptors (Lipinski definition) is 2. The second kappa shape index (κ2) is 5.88. The van der Waals surface area contributed by atoms with Crippen LogP contribution in [0.15, 0.2) is 22.7 Å². The van der Waals surface area contributed by atoms with E-state index < -0.39 is 0 Å². The standard InChI is InChI=1S/C15H20BrN3/c1-10-5-6-11(2)12(9-10)15-14(16)13(7-8-17-3)19(4)18-15/h5-6,9,17H,7-8H2,1-4H3. The number of halogens is 1. The van der Waals surface area contributed by atoms with Crippen molar-refractivity contribution in [2.45, 2.75) is 20.3 Å². The Hall–Kier alpha value is -1.13. The SMILES string of the molecule is CNCCc1c(Br)c(-c2cc(C)ccc2C)nn1C. The van der Waals surface area contributed by atoms with E-state index in [-0.39, 0.29) is 0 Å². The van der Waals surface area contributed by atoms with Gasteiger partial charge in [-0.1, -0.05) is 17.7 Å². The molecule has 0 amide bonds. The largest absolute Gasteiger partial charge is 0.319 e. The van der Waals surface area contributed by atoms with Crippen LogP contribution in [0.3, 0.4) is 0 Å². The van der Waals surface area contributed by atoms with Gasteiger partial charge in [0.05, 0.1) is 10.2 Å². The first-order valence-corrected chi connectivity index (χ1v) is 7.27. The third-order valence-electron chi connectivity index (χ3n) is 3.36. The molecule has 4 heteroatoms. The molecule has 1 N–H and O–H groups in total. The molecule has 0 fully saturated rings. The molecule has 0 saturated heterocycles. The predicted octanol–water partition coefficient (Wildman–Crippen LogP) is 3.23. The van der Waals surface area contributed by atoms with E-state index in [4.69, 9.17) is 0 Å². The number of likely N-dealkylation sites (N-methyl/N-ethyl adjacent to an activating group) is 1. The summed E-state index contributed by atoms with van der Waals surface area (Å²) in [6, 6.07) is 6.49. The minimum atomic E-state index is 0.949. The summed E-state index contributed by atoms with van der Waals surface area (Å²) in [7, 11) is 3.97.